The van der Waals surface area contributed by atoms with Crippen LogP contribution in [0.25, 0.3) is 0 Å². The number of nitrogens with one attached hydrogen (secondary N) is 1. The lowest BCUT2D eigenvalue weighted by molar-refractivity contribution is -0.120. The second kappa shape index (κ2) is 9.20. The quantitative estimate of drug-likeness (QED) is 0.672. The van der Waals surface area contributed by atoms with Crippen molar-refractivity contribution in [2.24, 2.45) is 0 Å². The Morgan fingerprint density at radius 1 is 1.26 bits per heavy atom. The maximum Gasteiger partial charge on any atom is 0.244 e. The molecule has 0 radical (unpaired) electrons. The van der Waals surface area contributed by atoms with Gasteiger partial charge in [0.15, 0.2) is 0 Å². The van der Waals surface area contributed by atoms with Gasteiger partial charge in [-0.05, 0) is 25.1 Å². The van der Waals surface area contributed by atoms with Crippen LogP contribution in [0.2, 0.25) is 0 Å². The molecule has 1 unspecified atom stereocenters. The number of rotatable bonds is 8. The number of amides is 1. The van der Waals surface area contributed by atoms with E-state index in [4.69, 9.17) is 4.74 Å². The minimum Gasteiger partial charge on any atom is -0.496 e. The molecule has 7 nitrogen and oxygen atoms in total. The average molecular weight is 410 g/mol. The smallest absolute Gasteiger partial charge is 0.244 e. The van der Waals surface area contributed by atoms with Gasteiger partial charge in [-0.3, -0.25) is 4.79 Å². The Hall–Kier alpha value is -2.10. The van der Waals surface area contributed by atoms with Crippen LogP contribution in [-0.2, 0) is 21.4 Å². The van der Waals surface area contributed by atoms with Gasteiger partial charge in [0.05, 0.1) is 17.4 Å². The average Bonchev–Trinajstić information content (AvgIpc) is 2.66. The van der Waals surface area contributed by atoms with Crippen LogP contribution in [0.15, 0.2) is 52.5 Å². The van der Waals surface area contributed by atoms with Gasteiger partial charge in [-0.2, -0.15) is 0 Å². The summed E-state index contributed by atoms with van der Waals surface area (Å²) in [5, 5.41) is 3.07. The Kier molecular flexibility index (Phi) is 7.23. The van der Waals surface area contributed by atoms with Crippen molar-refractivity contribution in [3.8, 4) is 5.75 Å². The van der Waals surface area contributed by atoms with Crippen LogP contribution in [-0.4, -0.2) is 50.1 Å². The molecule has 1 amide bonds. The van der Waals surface area contributed by atoms with Crippen LogP contribution in [0.4, 0.5) is 0 Å². The predicted molar refractivity (Wildman–Crippen MR) is 105 cm³/mol. The number of benzene rings is 1. The summed E-state index contributed by atoms with van der Waals surface area (Å²) in [6.07, 6.45) is 1.30. The molecule has 1 aromatic carbocycles. The molecule has 146 valence electrons. The zero-order valence-electron chi connectivity index (χ0n) is 15.7. The Morgan fingerprint density at radius 2 is 1.96 bits per heavy atom. The van der Waals surface area contributed by atoms with Crippen molar-refractivity contribution in [3.05, 3.63) is 48.2 Å². The Labute approximate surface area is 164 Å². The minimum absolute atomic E-state index is 0.116. The van der Waals surface area contributed by atoms with E-state index in [-0.39, 0.29) is 16.1 Å². The van der Waals surface area contributed by atoms with Gasteiger partial charge in [0.2, 0.25) is 15.9 Å². The molecule has 2 aromatic rings. The number of carbonyl (C=O) groups excluding carboxylic acids is 1. The topological polar surface area (TPSA) is 88.6 Å². The summed E-state index contributed by atoms with van der Waals surface area (Å²) >= 11 is 1.26. The number of hydrogen-bond donors (Lipinski definition) is 1. The number of carbonyl (C=O) groups is 1. The third-order valence-corrected chi connectivity index (χ3v) is 6.65. The van der Waals surface area contributed by atoms with Crippen molar-refractivity contribution >= 4 is 27.7 Å². The lowest BCUT2D eigenvalue weighted by Gasteiger charge is -2.14. The second-order valence-corrected chi connectivity index (χ2v) is 9.42. The molecule has 0 aliphatic rings. The van der Waals surface area contributed by atoms with E-state index in [2.05, 4.69) is 10.3 Å². The summed E-state index contributed by atoms with van der Waals surface area (Å²) in [5.41, 5.74) is 0.891. The molecular weight excluding hydrogens is 386 g/mol. The molecule has 2 rings (SSSR count). The number of nitrogens with zero attached hydrogens (tertiary/aromatic N) is 2. The SMILES string of the molecule is COc1ccccc1CNC(=O)C(C)Sc1ccc(S(=O)(=O)N(C)C)cn1. The molecule has 1 aromatic heterocycles. The standard InChI is InChI=1S/C18H23N3O4S2/c1-13(18(22)20-11-14-7-5-6-8-16(14)25-4)26-17-10-9-15(12-19-17)27(23,24)21(2)3/h5-10,12-13H,11H2,1-4H3,(H,20,22). The molecule has 1 atom stereocenters. The molecule has 0 saturated carbocycles. The first-order valence-corrected chi connectivity index (χ1v) is 10.5. The Balaban J connectivity index is 1.96. The molecule has 0 aliphatic heterocycles. The van der Waals surface area contributed by atoms with Gasteiger partial charge >= 0.3 is 0 Å². The van der Waals surface area contributed by atoms with Gasteiger partial charge in [-0.15, -0.1) is 0 Å². The van der Waals surface area contributed by atoms with Crippen molar-refractivity contribution in [3.63, 3.8) is 0 Å². The molecule has 0 aliphatic carbocycles. The zero-order valence-corrected chi connectivity index (χ0v) is 17.3. The van der Waals surface area contributed by atoms with E-state index < -0.39 is 10.0 Å². The van der Waals surface area contributed by atoms with Crippen molar-refractivity contribution in [1.29, 1.82) is 0 Å². The fraction of sp³-hybridized carbons (Fsp3) is 0.333. The molecule has 9 heteroatoms. The highest BCUT2D eigenvalue weighted by Crippen LogP contribution is 2.23. The number of aromatic nitrogens is 1. The van der Waals surface area contributed by atoms with E-state index in [1.54, 1.807) is 20.1 Å². The largest absolute Gasteiger partial charge is 0.496 e. The number of methoxy groups -OCH3 is 1. The summed E-state index contributed by atoms with van der Waals surface area (Å²) in [6.45, 7) is 2.13. The fourth-order valence-electron chi connectivity index (χ4n) is 2.21. The van der Waals surface area contributed by atoms with Crippen molar-refractivity contribution < 1.29 is 17.9 Å². The number of pyridine rings is 1. The fourth-order valence-corrected chi connectivity index (χ4v) is 3.87. The third kappa shape index (κ3) is 5.44. The highest BCUT2D eigenvalue weighted by Gasteiger charge is 2.19. The van der Waals surface area contributed by atoms with Crippen LogP contribution < -0.4 is 10.1 Å². The lowest BCUT2D eigenvalue weighted by Crippen LogP contribution is -2.30. The molecular formula is C18H23N3O4S2. The first-order valence-electron chi connectivity index (χ1n) is 8.20. The highest BCUT2D eigenvalue weighted by atomic mass is 32.2. The van der Waals surface area contributed by atoms with E-state index >= 15 is 0 Å². The Morgan fingerprint density at radius 3 is 2.56 bits per heavy atom. The van der Waals surface area contributed by atoms with Gasteiger partial charge in [-0.25, -0.2) is 17.7 Å². The molecule has 0 fully saturated rings. The molecule has 1 heterocycles. The van der Waals surface area contributed by atoms with Crippen LogP contribution in [0.1, 0.15) is 12.5 Å². The van der Waals surface area contributed by atoms with E-state index in [0.717, 1.165) is 15.6 Å². The predicted octanol–water partition coefficient (Wildman–Crippen LogP) is 2.14. The maximum atomic E-state index is 12.3. The minimum atomic E-state index is -3.51. The van der Waals surface area contributed by atoms with Crippen LogP contribution in [0, 0.1) is 0 Å². The summed E-state index contributed by atoms with van der Waals surface area (Å²) < 4.78 is 30.5. The maximum absolute atomic E-state index is 12.3. The molecule has 0 bridgehead atoms. The second-order valence-electron chi connectivity index (χ2n) is 5.91. The van der Waals surface area contributed by atoms with Gasteiger partial charge < -0.3 is 10.1 Å². The van der Waals surface area contributed by atoms with E-state index in [0.29, 0.717) is 11.6 Å². The third-order valence-electron chi connectivity index (χ3n) is 3.80. The van der Waals surface area contributed by atoms with Gasteiger partial charge in [0, 0.05) is 32.4 Å². The highest BCUT2D eigenvalue weighted by molar-refractivity contribution is 8.00. The summed E-state index contributed by atoms with van der Waals surface area (Å²) in [6, 6.07) is 10.6. The monoisotopic (exact) mass is 409 g/mol. The zero-order chi connectivity index (χ0) is 20.0. The Bertz CT molecular complexity index is 884. The van der Waals surface area contributed by atoms with Crippen molar-refractivity contribution in [1.82, 2.24) is 14.6 Å². The summed E-state index contributed by atoms with van der Waals surface area (Å²) in [7, 11) is 1.00. The molecule has 0 saturated heterocycles. The summed E-state index contributed by atoms with van der Waals surface area (Å²) in [4.78, 5) is 16.6. The summed E-state index contributed by atoms with van der Waals surface area (Å²) in [5.74, 6) is 0.579. The number of sulfonamides is 1. The van der Waals surface area contributed by atoms with Crippen LogP contribution >= 0.6 is 11.8 Å². The van der Waals surface area contributed by atoms with Gasteiger partial charge in [0.25, 0.3) is 0 Å². The first-order chi connectivity index (χ1) is 12.8. The number of ether oxygens (including phenoxy) is 1. The van der Waals surface area contributed by atoms with Crippen LogP contribution in [0.3, 0.4) is 0 Å². The van der Waals surface area contributed by atoms with Gasteiger partial charge in [0.1, 0.15) is 10.6 Å². The molecule has 0 spiro atoms. The van der Waals surface area contributed by atoms with Crippen molar-refractivity contribution in [2.45, 2.75) is 28.6 Å². The van der Waals surface area contributed by atoms with E-state index in [9.17, 15) is 13.2 Å². The lowest BCUT2D eigenvalue weighted by atomic mass is 10.2. The van der Waals surface area contributed by atoms with Crippen molar-refractivity contribution in [2.75, 3.05) is 21.2 Å². The first kappa shape index (κ1) is 21.2. The normalized spacial score (nSPS) is 12.6. The van der Waals surface area contributed by atoms with Crippen LogP contribution in [0.5, 0.6) is 5.75 Å². The molecule has 1 N–H and O–H groups in total. The number of para-hydroxylation sites is 1. The van der Waals surface area contributed by atoms with E-state index in [1.807, 2.05) is 24.3 Å². The molecule has 27 heavy (non-hydrogen) atoms. The number of thioether (sulfide) groups is 1. The number of hydrogen-bond acceptors (Lipinski definition) is 6. The van der Waals surface area contributed by atoms with E-state index in [1.165, 1.54) is 38.1 Å². The van der Waals surface area contributed by atoms with Gasteiger partial charge in [-0.1, -0.05) is 30.0 Å².